The van der Waals surface area contributed by atoms with Crippen LogP contribution in [0.4, 0.5) is 5.69 Å². The second-order valence-electron chi connectivity index (χ2n) is 6.48. The van der Waals surface area contributed by atoms with Crippen molar-refractivity contribution >= 4 is 29.0 Å². The summed E-state index contributed by atoms with van der Waals surface area (Å²) in [7, 11) is 0. The predicted molar refractivity (Wildman–Crippen MR) is 122 cm³/mol. The lowest BCUT2D eigenvalue weighted by Gasteiger charge is -2.17. The van der Waals surface area contributed by atoms with Crippen molar-refractivity contribution in [2.45, 2.75) is 46.3 Å². The number of aryl methyl sites for hydroxylation is 2. The molecule has 5 nitrogen and oxygen atoms in total. The first-order chi connectivity index (χ1) is 13.5. The molecule has 1 atom stereocenters. The summed E-state index contributed by atoms with van der Waals surface area (Å²) in [6, 6.07) is 16.5. The summed E-state index contributed by atoms with van der Waals surface area (Å²) < 4.78 is 5.76. The Morgan fingerprint density at radius 1 is 1.07 bits per heavy atom. The maximum Gasteiger partial charge on any atom is 0.200 e. The number of thiocarbonyl (C=S) groups is 1. The molecule has 0 bridgehead atoms. The first-order valence-corrected chi connectivity index (χ1v) is 10.1. The topological polar surface area (TPSA) is 71.7 Å². The third kappa shape index (κ3) is 6.94. The van der Waals surface area contributed by atoms with E-state index in [4.69, 9.17) is 22.7 Å². The lowest BCUT2D eigenvalue weighted by molar-refractivity contribution is 0.0588. The van der Waals surface area contributed by atoms with E-state index >= 15 is 0 Å². The van der Waals surface area contributed by atoms with Gasteiger partial charge in [-0.3, -0.25) is 0 Å². The largest absolute Gasteiger partial charge is 0.369 e. The van der Waals surface area contributed by atoms with Crippen molar-refractivity contribution < 1.29 is 4.74 Å². The summed E-state index contributed by atoms with van der Waals surface area (Å²) in [5, 5.41) is 6.55. The normalized spacial score (nSPS) is 12.5. The monoisotopic (exact) mass is 398 g/mol. The van der Waals surface area contributed by atoms with Gasteiger partial charge >= 0.3 is 0 Å². The molecule has 0 aliphatic carbocycles. The van der Waals surface area contributed by atoms with Crippen molar-refractivity contribution in [2.75, 3.05) is 11.9 Å². The summed E-state index contributed by atoms with van der Waals surface area (Å²) in [5.41, 5.74) is 10.7. The molecule has 28 heavy (non-hydrogen) atoms. The van der Waals surface area contributed by atoms with Crippen molar-refractivity contribution in [2.24, 2.45) is 10.7 Å². The summed E-state index contributed by atoms with van der Waals surface area (Å²) in [6.07, 6.45) is 2.43. The van der Waals surface area contributed by atoms with Crippen LogP contribution in [0.1, 0.15) is 37.5 Å². The minimum absolute atomic E-state index is 0.248. The number of guanidine groups is 1. The lowest BCUT2D eigenvalue weighted by Crippen LogP contribution is -2.35. The number of nitrogens with one attached hydrogen (secondary N) is 2. The second-order valence-corrected chi connectivity index (χ2v) is 6.87. The van der Waals surface area contributed by atoms with Gasteiger partial charge < -0.3 is 21.1 Å². The molecule has 0 amide bonds. The van der Waals surface area contributed by atoms with Gasteiger partial charge in [0.2, 0.25) is 5.96 Å². The van der Waals surface area contributed by atoms with Gasteiger partial charge in [0.05, 0.1) is 6.61 Å². The molecule has 0 aliphatic heterocycles. The summed E-state index contributed by atoms with van der Waals surface area (Å²) in [5.74, 6) is 0.268. The van der Waals surface area contributed by atoms with E-state index in [1.807, 2.05) is 25.1 Å². The highest BCUT2D eigenvalue weighted by atomic mass is 32.1. The number of nitrogens with two attached hydrogens (primary N) is 1. The third-order valence-corrected chi connectivity index (χ3v) is 4.61. The van der Waals surface area contributed by atoms with E-state index in [1.165, 1.54) is 16.7 Å². The Kier molecular flexibility index (Phi) is 8.91. The molecule has 2 aromatic rings. The molecule has 0 fully saturated rings. The summed E-state index contributed by atoms with van der Waals surface area (Å²) in [6.45, 7) is 6.74. The Morgan fingerprint density at radius 3 is 2.32 bits per heavy atom. The highest BCUT2D eigenvalue weighted by Crippen LogP contribution is 2.22. The van der Waals surface area contributed by atoms with Crippen LogP contribution in [0.3, 0.4) is 0 Å². The molecule has 4 N–H and O–H groups in total. The third-order valence-electron chi connectivity index (χ3n) is 4.40. The number of benzene rings is 2. The van der Waals surface area contributed by atoms with Gasteiger partial charge in [0.25, 0.3) is 0 Å². The van der Waals surface area contributed by atoms with E-state index in [2.05, 4.69) is 59.8 Å². The molecular weight excluding hydrogens is 368 g/mol. The van der Waals surface area contributed by atoms with E-state index in [0.29, 0.717) is 11.7 Å². The molecule has 0 spiro atoms. The lowest BCUT2D eigenvalue weighted by atomic mass is 10.0. The highest BCUT2D eigenvalue weighted by Gasteiger charge is 2.09. The van der Waals surface area contributed by atoms with Crippen molar-refractivity contribution in [1.82, 2.24) is 5.32 Å². The van der Waals surface area contributed by atoms with Gasteiger partial charge in [-0.2, -0.15) is 4.99 Å². The minimum atomic E-state index is -0.248. The number of hydrogen-bond acceptors (Lipinski definition) is 2. The van der Waals surface area contributed by atoms with Crippen LogP contribution in [0.25, 0.3) is 0 Å². The van der Waals surface area contributed by atoms with E-state index in [0.717, 1.165) is 24.9 Å². The molecule has 0 heterocycles. The van der Waals surface area contributed by atoms with Crippen LogP contribution in [0.2, 0.25) is 0 Å². The van der Waals surface area contributed by atoms with E-state index < -0.39 is 0 Å². The van der Waals surface area contributed by atoms with Gasteiger partial charge in [0.15, 0.2) is 5.11 Å². The molecule has 2 rings (SSSR count). The van der Waals surface area contributed by atoms with Crippen LogP contribution >= 0.6 is 12.2 Å². The van der Waals surface area contributed by atoms with Gasteiger partial charge in [-0.15, -0.1) is 0 Å². The molecule has 0 radical (unpaired) electrons. The number of hydrogen-bond donors (Lipinski definition) is 3. The Labute approximate surface area is 173 Å². The van der Waals surface area contributed by atoms with Gasteiger partial charge in [0, 0.05) is 5.69 Å². The molecule has 150 valence electrons. The van der Waals surface area contributed by atoms with Gasteiger partial charge in [-0.05, 0) is 55.1 Å². The average Bonchev–Trinajstić information content (AvgIpc) is 2.68. The molecule has 0 saturated heterocycles. The number of anilines is 1. The molecule has 0 aliphatic rings. The van der Waals surface area contributed by atoms with Crippen LogP contribution in [-0.2, 0) is 24.0 Å². The van der Waals surface area contributed by atoms with Crippen LogP contribution in [0, 0.1) is 0 Å². The van der Waals surface area contributed by atoms with Crippen LogP contribution in [0.5, 0.6) is 0 Å². The van der Waals surface area contributed by atoms with Gasteiger partial charge in [-0.1, -0.05) is 62.4 Å². The van der Waals surface area contributed by atoms with Crippen molar-refractivity contribution in [3.63, 3.8) is 0 Å². The standard InChI is InChI=1S/C22H30N4OS/c1-4-18-12-9-13-19(5-2)20(18)25-21(23)26-22(28)24-16(3)27-15-14-17-10-7-6-8-11-17/h6-13,16H,4-5,14-15H2,1-3H3,(H4,23,24,25,26,28). The fraction of sp³-hybridized carbons (Fsp3) is 0.364. The molecule has 2 aromatic carbocycles. The Balaban J connectivity index is 1.86. The van der Waals surface area contributed by atoms with Crippen molar-refractivity contribution in [1.29, 1.82) is 0 Å². The Morgan fingerprint density at radius 2 is 1.71 bits per heavy atom. The fourth-order valence-corrected chi connectivity index (χ4v) is 3.18. The highest BCUT2D eigenvalue weighted by molar-refractivity contribution is 7.80. The van der Waals surface area contributed by atoms with Crippen LogP contribution in [-0.4, -0.2) is 23.9 Å². The number of ether oxygens (including phenoxy) is 1. The zero-order chi connectivity index (χ0) is 20.4. The number of para-hydroxylation sites is 1. The maximum atomic E-state index is 6.08. The first kappa shape index (κ1) is 21.9. The van der Waals surface area contributed by atoms with Crippen LogP contribution < -0.4 is 16.4 Å². The number of aliphatic imine (C=N–C) groups is 1. The SMILES string of the molecule is CCc1cccc(CC)c1N/C(N)=N/C(=S)NC(C)OCCc1ccccc1. The van der Waals surface area contributed by atoms with E-state index in [1.54, 1.807) is 0 Å². The zero-order valence-corrected chi connectivity index (χ0v) is 17.7. The van der Waals surface area contributed by atoms with Crippen molar-refractivity contribution in [3.05, 3.63) is 65.2 Å². The quantitative estimate of drug-likeness (QED) is 0.271. The smallest absolute Gasteiger partial charge is 0.200 e. The Bertz CT molecular complexity index is 770. The molecule has 1 unspecified atom stereocenters. The summed E-state index contributed by atoms with van der Waals surface area (Å²) >= 11 is 5.29. The molecule has 6 heteroatoms. The number of rotatable bonds is 8. The van der Waals surface area contributed by atoms with Gasteiger partial charge in [-0.25, -0.2) is 0 Å². The number of nitrogens with zero attached hydrogens (tertiary/aromatic N) is 1. The maximum absolute atomic E-state index is 6.08. The van der Waals surface area contributed by atoms with E-state index in [9.17, 15) is 0 Å². The van der Waals surface area contributed by atoms with Gasteiger partial charge in [0.1, 0.15) is 6.23 Å². The molecule has 0 aromatic heterocycles. The summed E-state index contributed by atoms with van der Waals surface area (Å²) in [4.78, 5) is 4.25. The molecule has 0 saturated carbocycles. The average molecular weight is 399 g/mol. The zero-order valence-electron chi connectivity index (χ0n) is 16.9. The first-order valence-electron chi connectivity index (χ1n) is 9.71. The molecular formula is C22H30N4OS. The Hall–Kier alpha value is -2.44. The fourth-order valence-electron chi connectivity index (χ4n) is 2.91. The van der Waals surface area contributed by atoms with E-state index in [-0.39, 0.29) is 12.2 Å². The predicted octanol–water partition coefficient (Wildman–Crippen LogP) is 4.02. The van der Waals surface area contributed by atoms with Crippen molar-refractivity contribution in [3.8, 4) is 0 Å². The minimum Gasteiger partial charge on any atom is -0.369 e. The second kappa shape index (κ2) is 11.4. The van der Waals surface area contributed by atoms with Crippen LogP contribution in [0.15, 0.2) is 53.5 Å².